The van der Waals surface area contributed by atoms with Gasteiger partial charge in [0.15, 0.2) is 6.10 Å². The van der Waals surface area contributed by atoms with Crippen LogP contribution >= 0.6 is 11.3 Å². The molecule has 1 N–H and O–H groups in total. The van der Waals surface area contributed by atoms with Crippen molar-refractivity contribution in [3.8, 4) is 0 Å². The smallest absolute Gasteiger partial charge is 0.311 e. The first-order chi connectivity index (χ1) is 13.9. The van der Waals surface area contributed by atoms with E-state index < -0.39 is 18.0 Å². The quantitative estimate of drug-likeness (QED) is 0.737. The maximum atomic E-state index is 12.5. The van der Waals surface area contributed by atoms with Gasteiger partial charge in [0.25, 0.3) is 11.8 Å². The third-order valence-electron chi connectivity index (χ3n) is 5.02. The second-order valence-electron chi connectivity index (χ2n) is 7.35. The lowest BCUT2D eigenvalue weighted by Crippen LogP contribution is -2.44. The average molecular weight is 415 g/mol. The molecule has 29 heavy (non-hydrogen) atoms. The number of carbonyl (C=O) groups excluding carboxylic acids is 3. The molecule has 1 fully saturated rings. The first-order valence-corrected chi connectivity index (χ1v) is 10.7. The zero-order chi connectivity index (χ0) is 20.8. The molecule has 0 spiro atoms. The van der Waals surface area contributed by atoms with Crippen LogP contribution in [0.15, 0.2) is 41.8 Å². The standard InChI is InChI=1S/C22H26N2O4S/c1-15-7-9-17(10-8-15)13-23-20(25)16(2)28-22(27)18-5-3-11-24(14-18)21(26)19-6-4-12-29-19/h4,6-10,12,16,18H,3,5,11,13-14H2,1-2H3,(H,23,25). The molecule has 2 atom stereocenters. The molecule has 1 saturated heterocycles. The van der Waals surface area contributed by atoms with Crippen LogP contribution in [0.1, 0.15) is 40.6 Å². The maximum absolute atomic E-state index is 12.5. The lowest BCUT2D eigenvalue weighted by Gasteiger charge is -2.31. The van der Waals surface area contributed by atoms with Crippen LogP contribution in [0.4, 0.5) is 0 Å². The van der Waals surface area contributed by atoms with Gasteiger partial charge in [0.2, 0.25) is 0 Å². The van der Waals surface area contributed by atoms with Gasteiger partial charge in [0.1, 0.15) is 0 Å². The van der Waals surface area contributed by atoms with Crippen molar-refractivity contribution in [3.05, 3.63) is 57.8 Å². The third-order valence-corrected chi connectivity index (χ3v) is 5.88. The highest BCUT2D eigenvalue weighted by Gasteiger charge is 2.32. The van der Waals surface area contributed by atoms with E-state index in [1.54, 1.807) is 17.9 Å². The van der Waals surface area contributed by atoms with Gasteiger partial charge in [-0.3, -0.25) is 14.4 Å². The van der Waals surface area contributed by atoms with Crippen LogP contribution in [-0.2, 0) is 20.9 Å². The normalized spacial score (nSPS) is 17.4. The van der Waals surface area contributed by atoms with Gasteiger partial charge >= 0.3 is 5.97 Å². The van der Waals surface area contributed by atoms with E-state index in [2.05, 4.69) is 5.32 Å². The van der Waals surface area contributed by atoms with Gasteiger partial charge in [-0.25, -0.2) is 0 Å². The Labute approximate surface area is 174 Å². The highest BCUT2D eigenvalue weighted by Crippen LogP contribution is 2.22. The van der Waals surface area contributed by atoms with E-state index in [0.29, 0.717) is 30.9 Å². The number of thiophene rings is 1. The Balaban J connectivity index is 1.48. The molecule has 3 rings (SSSR count). The van der Waals surface area contributed by atoms with Crippen molar-refractivity contribution in [3.63, 3.8) is 0 Å². The largest absolute Gasteiger partial charge is 0.452 e. The third kappa shape index (κ3) is 5.67. The van der Waals surface area contributed by atoms with Crippen molar-refractivity contribution in [2.75, 3.05) is 13.1 Å². The second kappa shape index (κ2) is 9.69. The fourth-order valence-electron chi connectivity index (χ4n) is 3.27. The zero-order valence-electron chi connectivity index (χ0n) is 16.7. The minimum atomic E-state index is -0.878. The Bertz CT molecular complexity index is 848. The van der Waals surface area contributed by atoms with E-state index in [9.17, 15) is 14.4 Å². The summed E-state index contributed by atoms with van der Waals surface area (Å²) in [5.74, 6) is -1.21. The molecule has 2 heterocycles. The number of esters is 1. The molecule has 6 nitrogen and oxygen atoms in total. The zero-order valence-corrected chi connectivity index (χ0v) is 17.5. The molecular formula is C22H26N2O4S. The molecule has 1 aromatic carbocycles. The van der Waals surface area contributed by atoms with Crippen molar-refractivity contribution in [1.82, 2.24) is 10.2 Å². The minimum absolute atomic E-state index is 0.0543. The maximum Gasteiger partial charge on any atom is 0.311 e. The van der Waals surface area contributed by atoms with Gasteiger partial charge < -0.3 is 15.0 Å². The van der Waals surface area contributed by atoms with Crippen molar-refractivity contribution < 1.29 is 19.1 Å². The number of likely N-dealkylation sites (tertiary alicyclic amines) is 1. The van der Waals surface area contributed by atoms with E-state index in [4.69, 9.17) is 4.74 Å². The number of rotatable bonds is 6. The van der Waals surface area contributed by atoms with Gasteiger partial charge in [0, 0.05) is 19.6 Å². The van der Waals surface area contributed by atoms with Crippen LogP contribution in [0.3, 0.4) is 0 Å². The lowest BCUT2D eigenvalue weighted by atomic mass is 9.98. The van der Waals surface area contributed by atoms with Crippen LogP contribution in [0.25, 0.3) is 0 Å². The number of aryl methyl sites for hydroxylation is 1. The van der Waals surface area contributed by atoms with Crippen LogP contribution in [0.5, 0.6) is 0 Å². The molecule has 2 aromatic rings. The number of carbonyl (C=O) groups is 3. The predicted octanol–water partition coefficient (Wildman–Crippen LogP) is 3.16. The van der Waals surface area contributed by atoms with Crippen molar-refractivity contribution in [2.45, 2.75) is 39.3 Å². The Morgan fingerprint density at radius 2 is 2.00 bits per heavy atom. The van der Waals surface area contributed by atoms with E-state index in [0.717, 1.165) is 17.5 Å². The number of hydrogen-bond acceptors (Lipinski definition) is 5. The van der Waals surface area contributed by atoms with E-state index in [1.165, 1.54) is 11.3 Å². The lowest BCUT2D eigenvalue weighted by molar-refractivity contribution is -0.160. The van der Waals surface area contributed by atoms with Crippen LogP contribution in [0, 0.1) is 12.8 Å². The Hall–Kier alpha value is -2.67. The number of hydrogen-bond donors (Lipinski definition) is 1. The fraction of sp³-hybridized carbons (Fsp3) is 0.409. The SMILES string of the molecule is Cc1ccc(CNC(=O)C(C)OC(=O)C2CCCN(C(=O)c3cccs3)C2)cc1. The summed E-state index contributed by atoms with van der Waals surface area (Å²) in [5.41, 5.74) is 2.14. The van der Waals surface area contributed by atoms with Gasteiger partial charge in [-0.15, -0.1) is 11.3 Å². The highest BCUT2D eigenvalue weighted by atomic mass is 32.1. The van der Waals surface area contributed by atoms with Gasteiger partial charge in [-0.2, -0.15) is 0 Å². The number of benzene rings is 1. The second-order valence-corrected chi connectivity index (χ2v) is 8.30. The highest BCUT2D eigenvalue weighted by molar-refractivity contribution is 7.12. The van der Waals surface area contributed by atoms with Crippen molar-refractivity contribution in [2.24, 2.45) is 5.92 Å². The first-order valence-electron chi connectivity index (χ1n) is 9.80. The van der Waals surface area contributed by atoms with E-state index in [1.807, 2.05) is 42.6 Å². The molecule has 1 aromatic heterocycles. The molecule has 7 heteroatoms. The monoisotopic (exact) mass is 414 g/mol. The topological polar surface area (TPSA) is 75.7 Å². The summed E-state index contributed by atoms with van der Waals surface area (Å²) in [7, 11) is 0. The Morgan fingerprint density at radius 1 is 1.24 bits per heavy atom. The van der Waals surface area contributed by atoms with Crippen molar-refractivity contribution >= 4 is 29.1 Å². The van der Waals surface area contributed by atoms with Crippen LogP contribution < -0.4 is 5.32 Å². The van der Waals surface area contributed by atoms with E-state index >= 15 is 0 Å². The summed E-state index contributed by atoms with van der Waals surface area (Å²) in [6, 6.07) is 11.5. The molecule has 1 aliphatic rings. The molecule has 0 saturated carbocycles. The molecular weight excluding hydrogens is 388 g/mol. The summed E-state index contributed by atoms with van der Waals surface area (Å²) in [6.45, 7) is 4.91. The van der Waals surface area contributed by atoms with E-state index in [-0.39, 0.29) is 11.8 Å². The number of amides is 2. The summed E-state index contributed by atoms with van der Waals surface area (Å²) in [5, 5.41) is 4.65. The van der Waals surface area contributed by atoms with Gasteiger partial charge in [0.05, 0.1) is 10.8 Å². The minimum Gasteiger partial charge on any atom is -0.452 e. The molecule has 0 aliphatic carbocycles. The number of piperidine rings is 1. The number of ether oxygens (including phenoxy) is 1. The van der Waals surface area contributed by atoms with Crippen LogP contribution in [0.2, 0.25) is 0 Å². The molecule has 2 amide bonds. The van der Waals surface area contributed by atoms with Gasteiger partial charge in [-0.1, -0.05) is 35.9 Å². The summed E-state index contributed by atoms with van der Waals surface area (Å²) < 4.78 is 5.39. The Morgan fingerprint density at radius 3 is 2.69 bits per heavy atom. The number of nitrogens with one attached hydrogen (secondary N) is 1. The fourth-order valence-corrected chi connectivity index (χ4v) is 3.96. The molecule has 0 bridgehead atoms. The predicted molar refractivity (Wildman–Crippen MR) is 112 cm³/mol. The molecule has 1 aliphatic heterocycles. The average Bonchev–Trinajstić information content (AvgIpc) is 3.27. The summed E-state index contributed by atoms with van der Waals surface area (Å²) in [6.07, 6.45) is 0.520. The van der Waals surface area contributed by atoms with Gasteiger partial charge in [-0.05, 0) is 43.7 Å². The van der Waals surface area contributed by atoms with Crippen LogP contribution in [-0.4, -0.2) is 41.9 Å². The first kappa shape index (κ1) is 21.0. The van der Waals surface area contributed by atoms with Crippen molar-refractivity contribution in [1.29, 1.82) is 0 Å². The number of nitrogens with zero attached hydrogens (tertiary/aromatic N) is 1. The summed E-state index contributed by atoms with van der Waals surface area (Å²) >= 11 is 1.39. The summed E-state index contributed by atoms with van der Waals surface area (Å²) in [4.78, 5) is 39.7. The molecule has 154 valence electrons. The Kier molecular flexibility index (Phi) is 7.04. The molecule has 2 unspecified atom stereocenters. The molecule has 0 radical (unpaired) electrons.